The quantitative estimate of drug-likeness (QED) is 0.877. The summed E-state index contributed by atoms with van der Waals surface area (Å²) in [7, 11) is 1.98. The van der Waals surface area contributed by atoms with Crippen LogP contribution in [-0.2, 0) is 18.3 Å². The maximum absolute atomic E-state index is 10.9. The van der Waals surface area contributed by atoms with E-state index in [4.69, 9.17) is 4.74 Å². The molecule has 0 aromatic carbocycles. The molecule has 0 radical (unpaired) electrons. The van der Waals surface area contributed by atoms with Crippen LogP contribution in [0.1, 0.15) is 25.8 Å². The molecule has 0 atom stereocenters. The topological polar surface area (TPSA) is 56.1 Å². The van der Waals surface area contributed by atoms with Crippen LogP contribution >= 0.6 is 0 Å². The van der Waals surface area contributed by atoms with Gasteiger partial charge in [-0.15, -0.1) is 0 Å². The Bertz CT molecular complexity index is 604. The molecule has 0 aliphatic rings. The lowest BCUT2D eigenvalue weighted by atomic mass is 10.1. The molecule has 0 saturated carbocycles. The number of carbonyl (C=O) groups excluding carboxylic acids is 1. The molecular formula is C15H21N3O2. The lowest BCUT2D eigenvalue weighted by Gasteiger charge is -2.05. The number of hydrogen-bond donors (Lipinski definition) is 1. The Morgan fingerprint density at radius 2 is 2.30 bits per heavy atom. The molecule has 0 aliphatic heterocycles. The highest BCUT2D eigenvalue weighted by Crippen LogP contribution is 2.23. The lowest BCUT2D eigenvalue weighted by Crippen LogP contribution is -2.22. The summed E-state index contributed by atoms with van der Waals surface area (Å²) in [5.41, 5.74) is 2.11. The Labute approximate surface area is 118 Å². The highest BCUT2D eigenvalue weighted by atomic mass is 16.5. The molecule has 0 fully saturated rings. The first-order valence-electron chi connectivity index (χ1n) is 6.93. The number of hydrogen-bond acceptors (Lipinski definition) is 3. The van der Waals surface area contributed by atoms with Crippen LogP contribution in [0.4, 0.5) is 0 Å². The summed E-state index contributed by atoms with van der Waals surface area (Å²) in [4.78, 5) is 15.4. The molecule has 5 nitrogen and oxygen atoms in total. The van der Waals surface area contributed by atoms with Crippen molar-refractivity contribution in [3.05, 3.63) is 24.0 Å². The molecule has 0 unspecified atom stereocenters. The summed E-state index contributed by atoms with van der Waals surface area (Å²) in [6.45, 7) is 4.93. The van der Waals surface area contributed by atoms with Crippen molar-refractivity contribution >= 4 is 16.9 Å². The van der Waals surface area contributed by atoms with Gasteiger partial charge in [0.05, 0.1) is 12.8 Å². The Morgan fingerprint density at radius 3 is 3.00 bits per heavy atom. The van der Waals surface area contributed by atoms with Crippen molar-refractivity contribution in [1.29, 1.82) is 0 Å². The highest BCUT2D eigenvalue weighted by molar-refractivity contribution is 5.82. The second kappa shape index (κ2) is 6.41. The first-order chi connectivity index (χ1) is 9.61. The zero-order valence-electron chi connectivity index (χ0n) is 12.3. The lowest BCUT2D eigenvalue weighted by molar-refractivity contribution is -0.118. The number of nitrogens with one attached hydrogen (secondary N) is 1. The van der Waals surface area contributed by atoms with Gasteiger partial charge in [0, 0.05) is 32.1 Å². The van der Waals surface area contributed by atoms with Gasteiger partial charge in [-0.1, -0.05) is 6.92 Å². The van der Waals surface area contributed by atoms with Gasteiger partial charge in [-0.05, 0) is 24.5 Å². The number of aromatic nitrogens is 2. The van der Waals surface area contributed by atoms with Gasteiger partial charge in [0.2, 0.25) is 5.91 Å². The number of ether oxygens (including phenoxy) is 1. The van der Waals surface area contributed by atoms with Gasteiger partial charge in [-0.3, -0.25) is 4.79 Å². The summed E-state index contributed by atoms with van der Waals surface area (Å²) in [5, 5.41) is 3.91. The van der Waals surface area contributed by atoms with E-state index in [1.165, 1.54) is 12.5 Å². The third-order valence-corrected chi connectivity index (χ3v) is 3.11. The number of nitrogens with zero attached hydrogens (tertiary/aromatic N) is 2. The minimum absolute atomic E-state index is 0.00432. The van der Waals surface area contributed by atoms with Gasteiger partial charge < -0.3 is 14.6 Å². The molecule has 0 saturated heterocycles. The zero-order chi connectivity index (χ0) is 14.5. The van der Waals surface area contributed by atoms with Gasteiger partial charge in [-0.2, -0.15) is 0 Å². The average molecular weight is 275 g/mol. The van der Waals surface area contributed by atoms with E-state index in [1.54, 1.807) is 6.20 Å². The van der Waals surface area contributed by atoms with Crippen LogP contribution in [0.3, 0.4) is 0 Å². The number of carbonyl (C=O) groups is 1. The predicted octanol–water partition coefficient (Wildman–Crippen LogP) is 2.04. The molecule has 2 heterocycles. The summed E-state index contributed by atoms with van der Waals surface area (Å²) < 4.78 is 7.63. The van der Waals surface area contributed by atoms with Gasteiger partial charge in [0.15, 0.2) is 0 Å². The van der Waals surface area contributed by atoms with Crippen molar-refractivity contribution < 1.29 is 9.53 Å². The number of pyridine rings is 1. The summed E-state index contributed by atoms with van der Waals surface area (Å²) >= 11 is 0. The van der Waals surface area contributed by atoms with E-state index < -0.39 is 0 Å². The predicted molar refractivity (Wildman–Crippen MR) is 78.9 cm³/mol. The van der Waals surface area contributed by atoms with Crippen LogP contribution in [0.2, 0.25) is 0 Å². The second-order valence-corrected chi connectivity index (χ2v) is 4.89. The number of rotatable bonds is 6. The van der Waals surface area contributed by atoms with E-state index in [2.05, 4.69) is 23.4 Å². The minimum atomic E-state index is -0.00432. The van der Waals surface area contributed by atoms with Gasteiger partial charge >= 0.3 is 0 Å². The Morgan fingerprint density at radius 1 is 1.50 bits per heavy atom. The molecule has 0 aliphatic carbocycles. The fourth-order valence-electron chi connectivity index (χ4n) is 2.19. The van der Waals surface area contributed by atoms with Crippen molar-refractivity contribution in [3.8, 4) is 5.75 Å². The average Bonchev–Trinajstić information content (AvgIpc) is 2.73. The van der Waals surface area contributed by atoms with Crippen LogP contribution in [0.25, 0.3) is 11.0 Å². The number of fused-ring (bicyclic) bond motifs is 1. The number of amides is 1. The summed E-state index contributed by atoms with van der Waals surface area (Å²) in [5.74, 6) is 0.793. The molecular weight excluding hydrogens is 254 g/mol. The molecule has 108 valence electrons. The number of aryl methyl sites for hydroxylation is 1. The fourth-order valence-corrected chi connectivity index (χ4v) is 2.19. The SMILES string of the molecule is CCCOc1cnc2c(c1)c(CCNC(C)=O)cn2C. The van der Waals surface area contributed by atoms with E-state index in [0.717, 1.165) is 29.6 Å². The van der Waals surface area contributed by atoms with Crippen LogP contribution in [0.15, 0.2) is 18.5 Å². The van der Waals surface area contributed by atoms with E-state index in [9.17, 15) is 4.79 Å². The summed E-state index contributed by atoms with van der Waals surface area (Å²) in [6.07, 6.45) is 5.58. The first kappa shape index (κ1) is 14.4. The largest absolute Gasteiger partial charge is 0.492 e. The van der Waals surface area contributed by atoms with Crippen LogP contribution in [-0.4, -0.2) is 28.6 Å². The smallest absolute Gasteiger partial charge is 0.216 e. The molecule has 1 amide bonds. The van der Waals surface area contributed by atoms with Crippen molar-refractivity contribution in [2.45, 2.75) is 26.7 Å². The molecule has 0 spiro atoms. The van der Waals surface area contributed by atoms with Crippen molar-refractivity contribution in [2.24, 2.45) is 7.05 Å². The first-order valence-corrected chi connectivity index (χ1v) is 6.93. The zero-order valence-corrected chi connectivity index (χ0v) is 12.3. The molecule has 2 rings (SSSR count). The monoisotopic (exact) mass is 275 g/mol. The molecule has 5 heteroatoms. The third kappa shape index (κ3) is 3.29. The normalized spacial score (nSPS) is 10.8. The Kier molecular flexibility index (Phi) is 4.61. The molecule has 2 aromatic rings. The molecule has 0 bridgehead atoms. The van der Waals surface area contributed by atoms with Gasteiger partial charge in [-0.25, -0.2) is 4.98 Å². The molecule has 20 heavy (non-hydrogen) atoms. The van der Waals surface area contributed by atoms with E-state index in [0.29, 0.717) is 13.2 Å². The standard InChI is InChI=1S/C15H21N3O2/c1-4-7-20-13-8-14-12(5-6-16-11(2)19)10-18(3)15(14)17-9-13/h8-10H,4-7H2,1-3H3,(H,16,19). The van der Waals surface area contributed by atoms with E-state index in [-0.39, 0.29) is 5.91 Å². The maximum Gasteiger partial charge on any atom is 0.216 e. The van der Waals surface area contributed by atoms with Crippen LogP contribution in [0, 0.1) is 0 Å². The fraction of sp³-hybridized carbons (Fsp3) is 0.467. The maximum atomic E-state index is 10.9. The van der Waals surface area contributed by atoms with Gasteiger partial charge in [0.1, 0.15) is 11.4 Å². The van der Waals surface area contributed by atoms with E-state index in [1.807, 2.05) is 17.7 Å². The minimum Gasteiger partial charge on any atom is -0.492 e. The Balaban J connectivity index is 2.22. The van der Waals surface area contributed by atoms with E-state index >= 15 is 0 Å². The van der Waals surface area contributed by atoms with Gasteiger partial charge in [0.25, 0.3) is 0 Å². The van der Waals surface area contributed by atoms with Crippen molar-refractivity contribution in [1.82, 2.24) is 14.9 Å². The van der Waals surface area contributed by atoms with Crippen LogP contribution in [0.5, 0.6) is 5.75 Å². The van der Waals surface area contributed by atoms with Crippen molar-refractivity contribution in [3.63, 3.8) is 0 Å². The highest BCUT2D eigenvalue weighted by Gasteiger charge is 2.09. The van der Waals surface area contributed by atoms with Crippen LogP contribution < -0.4 is 10.1 Å². The molecule has 2 aromatic heterocycles. The second-order valence-electron chi connectivity index (χ2n) is 4.89. The van der Waals surface area contributed by atoms with Crippen molar-refractivity contribution in [2.75, 3.05) is 13.2 Å². The Hall–Kier alpha value is -2.04. The summed E-state index contributed by atoms with van der Waals surface area (Å²) in [6, 6.07) is 2.03. The molecule has 1 N–H and O–H groups in total. The third-order valence-electron chi connectivity index (χ3n) is 3.11.